The van der Waals surface area contributed by atoms with Crippen LogP contribution in [0.25, 0.3) is 0 Å². The topological polar surface area (TPSA) is 70.6 Å². The van der Waals surface area contributed by atoms with Crippen molar-refractivity contribution in [1.82, 2.24) is 14.9 Å². The number of carbonyl (C=O) groups is 1. The molecule has 2 aromatic carbocycles. The highest BCUT2D eigenvalue weighted by Gasteiger charge is 2.20. The highest BCUT2D eigenvalue weighted by atomic mass is 35.5. The zero-order chi connectivity index (χ0) is 21.8. The molecule has 1 N–H and O–H groups in total. The minimum absolute atomic E-state index is 0.0948. The molecule has 160 valence electrons. The molecule has 31 heavy (non-hydrogen) atoms. The summed E-state index contributed by atoms with van der Waals surface area (Å²) in [7, 11) is 0. The number of aromatic nitrogens is 2. The smallest absolute Gasteiger partial charge is 0.224 e. The van der Waals surface area contributed by atoms with Crippen molar-refractivity contribution in [2.45, 2.75) is 6.92 Å². The van der Waals surface area contributed by atoms with E-state index in [9.17, 15) is 4.79 Å². The predicted octanol–water partition coefficient (Wildman–Crippen LogP) is 4.99. The van der Waals surface area contributed by atoms with Gasteiger partial charge < -0.3 is 19.9 Å². The van der Waals surface area contributed by atoms with Gasteiger partial charge in [0.1, 0.15) is 10.8 Å². The largest absolute Gasteiger partial charge is 0.455 e. The number of amides is 1. The van der Waals surface area contributed by atoms with E-state index in [0.717, 1.165) is 18.8 Å². The van der Waals surface area contributed by atoms with Crippen LogP contribution < -0.4 is 15.0 Å². The summed E-state index contributed by atoms with van der Waals surface area (Å²) in [5.41, 5.74) is 1.69. The zero-order valence-electron chi connectivity index (χ0n) is 16.9. The molecule has 1 fully saturated rings. The highest BCUT2D eigenvalue weighted by Crippen LogP contribution is 2.36. The highest BCUT2D eigenvalue weighted by molar-refractivity contribution is 6.33. The third-order valence-electron chi connectivity index (χ3n) is 4.99. The molecule has 0 spiro atoms. The molecule has 0 atom stereocenters. The second-order valence-corrected chi connectivity index (χ2v) is 7.79. The number of hydrogen-bond acceptors (Lipinski definition) is 6. The fraction of sp³-hybridized carbons (Fsp3) is 0.227. The summed E-state index contributed by atoms with van der Waals surface area (Å²) in [6.45, 7) is 4.50. The van der Waals surface area contributed by atoms with E-state index in [2.05, 4.69) is 20.2 Å². The van der Waals surface area contributed by atoms with Gasteiger partial charge in [0.2, 0.25) is 11.2 Å². The van der Waals surface area contributed by atoms with Gasteiger partial charge in [-0.1, -0.05) is 29.8 Å². The maximum atomic E-state index is 11.6. The number of benzene rings is 2. The molecule has 1 saturated heterocycles. The average Bonchev–Trinajstić information content (AvgIpc) is 2.78. The predicted molar refractivity (Wildman–Crippen MR) is 123 cm³/mol. The maximum Gasteiger partial charge on any atom is 0.224 e. The fourth-order valence-electron chi connectivity index (χ4n) is 3.35. The lowest BCUT2D eigenvalue weighted by atomic mass is 10.2. The molecule has 9 heteroatoms. The Kier molecular flexibility index (Phi) is 6.44. The van der Waals surface area contributed by atoms with Gasteiger partial charge in [0.25, 0.3) is 0 Å². The molecule has 1 aliphatic rings. The number of carbonyl (C=O) groups excluding carboxylic acids is 1. The molecule has 3 aromatic rings. The number of hydrogen-bond donors (Lipinski definition) is 1. The lowest BCUT2D eigenvalue weighted by Gasteiger charge is -2.35. The summed E-state index contributed by atoms with van der Waals surface area (Å²) in [5.74, 6) is 1.81. The molecule has 0 radical (unpaired) electrons. The van der Waals surface area contributed by atoms with Crippen LogP contribution >= 0.6 is 23.2 Å². The van der Waals surface area contributed by atoms with Crippen LogP contribution in [0.1, 0.15) is 6.92 Å². The third-order valence-corrected chi connectivity index (χ3v) is 5.45. The van der Waals surface area contributed by atoms with Crippen LogP contribution in [0.5, 0.6) is 11.5 Å². The summed E-state index contributed by atoms with van der Waals surface area (Å²) >= 11 is 12.2. The quantitative estimate of drug-likeness (QED) is 0.544. The Morgan fingerprint density at radius 2 is 1.81 bits per heavy atom. The van der Waals surface area contributed by atoms with E-state index >= 15 is 0 Å². The first-order valence-electron chi connectivity index (χ1n) is 9.82. The molecule has 1 aromatic heterocycles. The van der Waals surface area contributed by atoms with Crippen LogP contribution in [-0.4, -0.2) is 47.0 Å². The van der Waals surface area contributed by atoms with Gasteiger partial charge in [-0.05, 0) is 35.9 Å². The fourth-order valence-corrected chi connectivity index (χ4v) is 3.62. The van der Waals surface area contributed by atoms with Gasteiger partial charge in [0.15, 0.2) is 11.6 Å². The number of ether oxygens (including phenoxy) is 1. The number of anilines is 3. The summed E-state index contributed by atoms with van der Waals surface area (Å²) in [6, 6.07) is 15.4. The van der Waals surface area contributed by atoms with Crippen molar-refractivity contribution in [3.63, 3.8) is 0 Å². The second-order valence-electron chi connectivity index (χ2n) is 7.05. The lowest BCUT2D eigenvalue weighted by molar-refractivity contribution is -0.129. The number of halogens is 2. The van der Waals surface area contributed by atoms with Crippen LogP contribution in [0.15, 0.2) is 54.7 Å². The molecule has 1 amide bonds. The van der Waals surface area contributed by atoms with Gasteiger partial charge in [-0.25, -0.2) is 4.98 Å². The first-order chi connectivity index (χ1) is 15.0. The van der Waals surface area contributed by atoms with Gasteiger partial charge in [0.05, 0.1) is 11.9 Å². The number of nitrogens with zero attached hydrogens (tertiary/aromatic N) is 4. The first kappa shape index (κ1) is 21.2. The number of para-hydroxylation sites is 1. The van der Waals surface area contributed by atoms with Crippen LogP contribution in [0.2, 0.25) is 10.3 Å². The molecule has 4 rings (SSSR count). The second kappa shape index (κ2) is 9.41. The SMILES string of the molecule is CC(=O)N1CCN(c2ccc(Nc3nc(Cl)ncc3Cl)c(Oc3ccccc3)c2)CC1. The van der Waals surface area contributed by atoms with E-state index in [1.807, 2.05) is 53.4 Å². The van der Waals surface area contributed by atoms with E-state index in [-0.39, 0.29) is 11.2 Å². The third kappa shape index (κ3) is 5.18. The van der Waals surface area contributed by atoms with E-state index in [1.54, 1.807) is 6.92 Å². The van der Waals surface area contributed by atoms with Crippen molar-refractivity contribution in [3.05, 3.63) is 65.0 Å². The Hall–Kier alpha value is -3.03. The molecule has 7 nitrogen and oxygen atoms in total. The van der Waals surface area contributed by atoms with E-state index in [0.29, 0.717) is 41.1 Å². The van der Waals surface area contributed by atoms with Crippen LogP contribution in [-0.2, 0) is 4.79 Å². The Bertz CT molecular complexity index is 1070. The van der Waals surface area contributed by atoms with Crippen molar-refractivity contribution in [2.75, 3.05) is 36.4 Å². The monoisotopic (exact) mass is 457 g/mol. The van der Waals surface area contributed by atoms with Crippen LogP contribution in [0.3, 0.4) is 0 Å². The van der Waals surface area contributed by atoms with Gasteiger partial charge in [-0.3, -0.25) is 4.79 Å². The maximum absolute atomic E-state index is 11.6. The van der Waals surface area contributed by atoms with Crippen molar-refractivity contribution in [2.24, 2.45) is 0 Å². The number of piperazine rings is 1. The standard InChI is InChI=1S/C22H21Cl2N5O2/c1-15(30)28-9-11-29(12-10-28)16-7-8-19(26-21-18(23)14-25-22(24)27-21)20(13-16)31-17-5-3-2-4-6-17/h2-8,13-14H,9-12H2,1H3,(H,25,26,27). The Morgan fingerprint density at radius 3 is 2.52 bits per heavy atom. The molecule has 1 aliphatic heterocycles. The molecular formula is C22H21Cl2N5O2. The summed E-state index contributed by atoms with van der Waals surface area (Å²) < 4.78 is 6.17. The molecule has 0 aliphatic carbocycles. The van der Waals surface area contributed by atoms with Crippen molar-refractivity contribution < 1.29 is 9.53 Å². The van der Waals surface area contributed by atoms with Crippen molar-refractivity contribution in [3.8, 4) is 11.5 Å². The summed E-state index contributed by atoms with van der Waals surface area (Å²) in [6.07, 6.45) is 1.44. The first-order valence-corrected chi connectivity index (χ1v) is 10.6. The molecular weight excluding hydrogens is 437 g/mol. The van der Waals surface area contributed by atoms with Crippen molar-refractivity contribution in [1.29, 1.82) is 0 Å². The molecule has 0 bridgehead atoms. The van der Waals surface area contributed by atoms with Gasteiger partial charge in [-0.2, -0.15) is 4.98 Å². The minimum Gasteiger partial charge on any atom is -0.455 e. The normalized spacial score (nSPS) is 13.8. The summed E-state index contributed by atoms with van der Waals surface area (Å²) in [4.78, 5) is 23.7. The van der Waals surface area contributed by atoms with Crippen LogP contribution in [0.4, 0.5) is 17.2 Å². The number of rotatable bonds is 5. The Labute approximate surface area is 190 Å². The lowest BCUT2D eigenvalue weighted by Crippen LogP contribution is -2.48. The van der Waals surface area contributed by atoms with Gasteiger partial charge >= 0.3 is 0 Å². The van der Waals surface area contributed by atoms with E-state index in [1.165, 1.54) is 6.20 Å². The zero-order valence-corrected chi connectivity index (χ0v) is 18.4. The van der Waals surface area contributed by atoms with E-state index in [4.69, 9.17) is 27.9 Å². The van der Waals surface area contributed by atoms with E-state index < -0.39 is 0 Å². The van der Waals surface area contributed by atoms with Gasteiger partial charge in [0, 0.05) is 44.9 Å². The number of nitrogens with one attached hydrogen (secondary N) is 1. The van der Waals surface area contributed by atoms with Gasteiger partial charge in [-0.15, -0.1) is 0 Å². The Balaban J connectivity index is 1.63. The minimum atomic E-state index is 0.0948. The van der Waals surface area contributed by atoms with Crippen LogP contribution in [0, 0.1) is 0 Å². The summed E-state index contributed by atoms with van der Waals surface area (Å²) in [5, 5.41) is 3.63. The van der Waals surface area contributed by atoms with Crippen molar-refractivity contribution >= 4 is 46.3 Å². The molecule has 0 saturated carbocycles. The molecule has 0 unspecified atom stereocenters. The average molecular weight is 458 g/mol. The molecule has 2 heterocycles. The Morgan fingerprint density at radius 1 is 1.06 bits per heavy atom.